The van der Waals surface area contributed by atoms with E-state index in [4.69, 9.17) is 9.84 Å². The largest absolute Gasteiger partial charge is 0.484 e. The van der Waals surface area contributed by atoms with Gasteiger partial charge in [-0.3, -0.25) is 9.59 Å². The first-order valence-corrected chi connectivity index (χ1v) is 8.51. The standard InChI is InChI=1S/C18H26N2O4/c1-2-19(12-13-21)18(23)15-8-10-20(11-9-15)17(22)14-24-16-6-4-3-5-7-16/h3-7,15,21H,2,8-14H2,1H3. The number of likely N-dealkylation sites (N-methyl/N-ethyl adjacent to an activating group) is 1. The van der Waals surface area contributed by atoms with Gasteiger partial charge in [0, 0.05) is 32.1 Å². The predicted molar refractivity (Wildman–Crippen MR) is 90.6 cm³/mol. The quantitative estimate of drug-likeness (QED) is 0.812. The van der Waals surface area contributed by atoms with Crippen LogP contribution in [0.15, 0.2) is 30.3 Å². The van der Waals surface area contributed by atoms with E-state index in [-0.39, 0.29) is 30.9 Å². The second-order valence-corrected chi connectivity index (χ2v) is 5.90. The lowest BCUT2D eigenvalue weighted by Gasteiger charge is -2.33. The lowest BCUT2D eigenvalue weighted by Crippen LogP contribution is -2.46. The molecule has 0 atom stereocenters. The van der Waals surface area contributed by atoms with Gasteiger partial charge in [0.2, 0.25) is 5.91 Å². The fourth-order valence-corrected chi connectivity index (χ4v) is 2.93. The topological polar surface area (TPSA) is 70.1 Å². The van der Waals surface area contributed by atoms with E-state index in [9.17, 15) is 9.59 Å². The molecule has 2 rings (SSSR count). The van der Waals surface area contributed by atoms with Crippen molar-refractivity contribution in [1.82, 2.24) is 9.80 Å². The van der Waals surface area contributed by atoms with Crippen molar-refractivity contribution in [2.75, 3.05) is 39.4 Å². The molecule has 0 unspecified atom stereocenters. The second kappa shape index (κ2) is 9.27. The second-order valence-electron chi connectivity index (χ2n) is 5.90. The Hall–Kier alpha value is -2.08. The lowest BCUT2D eigenvalue weighted by molar-refractivity contribution is -0.141. The molecule has 132 valence electrons. The third-order valence-corrected chi connectivity index (χ3v) is 4.37. The Morgan fingerprint density at radius 2 is 1.92 bits per heavy atom. The summed E-state index contributed by atoms with van der Waals surface area (Å²) in [6, 6.07) is 9.26. The van der Waals surface area contributed by atoms with Gasteiger partial charge in [0.05, 0.1) is 6.61 Å². The molecule has 0 aromatic heterocycles. The van der Waals surface area contributed by atoms with Crippen LogP contribution in [0.5, 0.6) is 5.75 Å². The molecule has 0 radical (unpaired) electrons. The highest BCUT2D eigenvalue weighted by Crippen LogP contribution is 2.20. The van der Waals surface area contributed by atoms with E-state index in [2.05, 4.69) is 0 Å². The average Bonchev–Trinajstić information content (AvgIpc) is 2.64. The fourth-order valence-electron chi connectivity index (χ4n) is 2.93. The Bertz CT molecular complexity index is 527. The minimum Gasteiger partial charge on any atom is -0.484 e. The molecule has 0 bridgehead atoms. The number of para-hydroxylation sites is 1. The van der Waals surface area contributed by atoms with E-state index in [1.54, 1.807) is 9.80 Å². The first-order chi connectivity index (χ1) is 11.7. The normalized spacial score (nSPS) is 15.2. The molecule has 0 aliphatic carbocycles. The number of benzene rings is 1. The van der Waals surface area contributed by atoms with Crippen LogP contribution in [0.1, 0.15) is 19.8 Å². The number of carbonyl (C=O) groups is 2. The van der Waals surface area contributed by atoms with Gasteiger partial charge in [0.25, 0.3) is 5.91 Å². The summed E-state index contributed by atoms with van der Waals surface area (Å²) < 4.78 is 5.49. The molecule has 1 aliphatic rings. The van der Waals surface area contributed by atoms with Crippen LogP contribution < -0.4 is 4.74 Å². The number of rotatable bonds is 7. The van der Waals surface area contributed by atoms with Crippen LogP contribution in [0, 0.1) is 5.92 Å². The molecule has 1 saturated heterocycles. The minimum absolute atomic E-state index is 0.0201. The monoisotopic (exact) mass is 334 g/mol. The van der Waals surface area contributed by atoms with Gasteiger partial charge in [-0.2, -0.15) is 0 Å². The van der Waals surface area contributed by atoms with Crippen molar-refractivity contribution in [3.05, 3.63) is 30.3 Å². The Balaban J connectivity index is 1.77. The number of nitrogens with zero attached hydrogens (tertiary/aromatic N) is 2. The first-order valence-electron chi connectivity index (χ1n) is 8.51. The van der Waals surface area contributed by atoms with E-state index in [0.29, 0.717) is 44.8 Å². The molecule has 1 heterocycles. The van der Waals surface area contributed by atoms with E-state index in [1.807, 2.05) is 37.3 Å². The smallest absolute Gasteiger partial charge is 0.260 e. The van der Waals surface area contributed by atoms with E-state index < -0.39 is 0 Å². The Morgan fingerprint density at radius 1 is 1.25 bits per heavy atom. The summed E-state index contributed by atoms with van der Waals surface area (Å²) in [5, 5.41) is 9.02. The summed E-state index contributed by atoms with van der Waals surface area (Å²) in [7, 11) is 0. The molecular formula is C18H26N2O4. The zero-order valence-electron chi connectivity index (χ0n) is 14.2. The molecule has 6 nitrogen and oxygen atoms in total. The molecule has 2 amide bonds. The number of hydrogen-bond donors (Lipinski definition) is 1. The van der Waals surface area contributed by atoms with E-state index in [0.717, 1.165) is 0 Å². The lowest BCUT2D eigenvalue weighted by atomic mass is 9.95. The van der Waals surface area contributed by atoms with Crippen molar-refractivity contribution < 1.29 is 19.4 Å². The van der Waals surface area contributed by atoms with Gasteiger partial charge in [-0.25, -0.2) is 0 Å². The molecule has 1 aliphatic heterocycles. The number of likely N-dealkylation sites (tertiary alicyclic amines) is 1. The summed E-state index contributed by atoms with van der Waals surface area (Å²) in [5.41, 5.74) is 0. The number of carbonyl (C=O) groups excluding carboxylic acids is 2. The van der Waals surface area contributed by atoms with E-state index >= 15 is 0 Å². The summed E-state index contributed by atoms with van der Waals surface area (Å²) in [6.07, 6.45) is 1.33. The molecule has 6 heteroatoms. The molecule has 1 aromatic carbocycles. The average molecular weight is 334 g/mol. The summed E-state index contributed by atoms with van der Waals surface area (Å²) in [6.45, 7) is 4.03. The number of piperidine rings is 1. The van der Waals surface area contributed by atoms with Crippen LogP contribution in [-0.4, -0.2) is 66.1 Å². The third kappa shape index (κ3) is 4.96. The molecule has 1 fully saturated rings. The zero-order valence-corrected chi connectivity index (χ0v) is 14.2. The zero-order chi connectivity index (χ0) is 17.4. The number of amides is 2. The van der Waals surface area contributed by atoms with Crippen molar-refractivity contribution in [3.8, 4) is 5.75 Å². The van der Waals surface area contributed by atoms with Gasteiger partial charge in [-0.05, 0) is 31.9 Å². The number of hydrogen-bond acceptors (Lipinski definition) is 4. The molecule has 0 saturated carbocycles. The van der Waals surface area contributed by atoms with Crippen LogP contribution >= 0.6 is 0 Å². The Kier molecular flexibility index (Phi) is 7.06. The molecule has 0 spiro atoms. The van der Waals surface area contributed by atoms with Crippen LogP contribution in [0.3, 0.4) is 0 Å². The van der Waals surface area contributed by atoms with Crippen molar-refractivity contribution in [2.45, 2.75) is 19.8 Å². The van der Waals surface area contributed by atoms with Crippen molar-refractivity contribution >= 4 is 11.8 Å². The van der Waals surface area contributed by atoms with Gasteiger partial charge in [0.15, 0.2) is 6.61 Å². The van der Waals surface area contributed by atoms with Crippen LogP contribution in [0.2, 0.25) is 0 Å². The molecule has 1 aromatic rings. The van der Waals surface area contributed by atoms with Crippen LogP contribution in [0.25, 0.3) is 0 Å². The summed E-state index contributed by atoms with van der Waals surface area (Å²) in [4.78, 5) is 28.0. The van der Waals surface area contributed by atoms with Gasteiger partial charge in [-0.1, -0.05) is 18.2 Å². The summed E-state index contributed by atoms with van der Waals surface area (Å²) >= 11 is 0. The van der Waals surface area contributed by atoms with Gasteiger partial charge in [-0.15, -0.1) is 0 Å². The van der Waals surface area contributed by atoms with E-state index in [1.165, 1.54) is 0 Å². The minimum atomic E-state index is -0.0596. The van der Waals surface area contributed by atoms with Crippen LogP contribution in [0.4, 0.5) is 0 Å². The molecule has 1 N–H and O–H groups in total. The number of ether oxygens (including phenoxy) is 1. The number of aliphatic hydroxyl groups excluding tert-OH is 1. The summed E-state index contributed by atoms with van der Waals surface area (Å²) in [5.74, 6) is 0.653. The fraction of sp³-hybridized carbons (Fsp3) is 0.556. The third-order valence-electron chi connectivity index (χ3n) is 4.37. The van der Waals surface area contributed by atoms with Crippen molar-refractivity contribution in [1.29, 1.82) is 0 Å². The Labute approximate surface area is 143 Å². The van der Waals surface area contributed by atoms with Gasteiger partial charge < -0.3 is 19.6 Å². The molecule has 24 heavy (non-hydrogen) atoms. The highest BCUT2D eigenvalue weighted by atomic mass is 16.5. The first kappa shape index (κ1) is 18.3. The highest BCUT2D eigenvalue weighted by molar-refractivity contribution is 5.80. The Morgan fingerprint density at radius 3 is 2.50 bits per heavy atom. The maximum Gasteiger partial charge on any atom is 0.260 e. The van der Waals surface area contributed by atoms with Crippen molar-refractivity contribution in [3.63, 3.8) is 0 Å². The number of aliphatic hydroxyl groups is 1. The molecular weight excluding hydrogens is 308 g/mol. The maximum atomic E-state index is 12.4. The van der Waals surface area contributed by atoms with Crippen LogP contribution in [-0.2, 0) is 9.59 Å². The van der Waals surface area contributed by atoms with Gasteiger partial charge >= 0.3 is 0 Å². The van der Waals surface area contributed by atoms with Gasteiger partial charge in [0.1, 0.15) is 5.75 Å². The predicted octanol–water partition coefficient (Wildman–Crippen LogP) is 1.14. The SMILES string of the molecule is CCN(CCO)C(=O)C1CCN(C(=O)COc2ccccc2)CC1. The highest BCUT2D eigenvalue weighted by Gasteiger charge is 2.29. The maximum absolute atomic E-state index is 12.4. The van der Waals surface area contributed by atoms with Crippen molar-refractivity contribution in [2.24, 2.45) is 5.92 Å².